The second kappa shape index (κ2) is 10.4. The van der Waals surface area contributed by atoms with Crippen molar-refractivity contribution in [2.24, 2.45) is 0 Å². The molecule has 1 heterocycles. The summed E-state index contributed by atoms with van der Waals surface area (Å²) in [5.74, 6) is 2.51. The van der Waals surface area contributed by atoms with Gasteiger partial charge >= 0.3 is 0 Å². The van der Waals surface area contributed by atoms with Crippen LogP contribution in [0, 0.1) is 0 Å². The lowest BCUT2D eigenvalue weighted by Crippen LogP contribution is -2.09. The number of fused-ring (bicyclic) bond motifs is 1. The second-order valence-electron chi connectivity index (χ2n) is 7.62. The van der Waals surface area contributed by atoms with Crippen LogP contribution in [0.4, 0.5) is 0 Å². The lowest BCUT2D eigenvalue weighted by atomic mass is 10.1. The Kier molecular flexibility index (Phi) is 7.13. The third kappa shape index (κ3) is 4.97. The van der Waals surface area contributed by atoms with E-state index in [9.17, 15) is 0 Å². The number of benzene rings is 3. The summed E-state index contributed by atoms with van der Waals surface area (Å²) in [5, 5.41) is 0.765. The maximum Gasteiger partial charge on any atom is 0.161 e. The van der Waals surface area contributed by atoms with Gasteiger partial charge in [0.15, 0.2) is 11.5 Å². The smallest absolute Gasteiger partial charge is 0.161 e. The fraction of sp³-hybridized carbons (Fsp3) is 0.222. The molecule has 0 aliphatic heterocycles. The first kappa shape index (κ1) is 22.0. The van der Waals surface area contributed by atoms with E-state index in [1.54, 1.807) is 7.11 Å². The van der Waals surface area contributed by atoms with Crippen LogP contribution in [-0.4, -0.2) is 23.3 Å². The highest BCUT2D eigenvalue weighted by Crippen LogP contribution is 2.29. The number of ether oxygens (including phenoxy) is 2. The standard InChI is InChI=1S/C27H27ClN2O2/c1-3-9-20-14-15-25(26(18-20)31-2)32-17-8-16-30-24-13-7-6-12-23(24)29-27(30)19-21-10-4-5-11-22(21)28/h3-7,10-15,18H,1,8-9,16-17,19H2,2H3. The van der Waals surface area contributed by atoms with Crippen LogP contribution in [0.15, 0.2) is 79.4 Å². The lowest BCUT2D eigenvalue weighted by molar-refractivity contribution is 0.282. The van der Waals surface area contributed by atoms with Gasteiger partial charge < -0.3 is 14.0 Å². The number of hydrogen-bond acceptors (Lipinski definition) is 3. The van der Waals surface area contributed by atoms with E-state index in [1.807, 2.05) is 60.7 Å². The summed E-state index contributed by atoms with van der Waals surface area (Å²) < 4.78 is 13.8. The third-order valence-corrected chi connectivity index (χ3v) is 5.80. The van der Waals surface area contributed by atoms with Crippen LogP contribution < -0.4 is 9.47 Å². The molecule has 0 unspecified atom stereocenters. The number of nitrogens with zero attached hydrogens (tertiary/aromatic N) is 2. The van der Waals surface area contributed by atoms with Gasteiger partial charge in [-0.05, 0) is 54.3 Å². The molecule has 0 aliphatic carbocycles. The molecule has 0 amide bonds. The van der Waals surface area contributed by atoms with Gasteiger partial charge in [0, 0.05) is 18.0 Å². The monoisotopic (exact) mass is 446 g/mol. The van der Waals surface area contributed by atoms with Crippen molar-refractivity contribution in [3.8, 4) is 11.5 Å². The number of methoxy groups -OCH3 is 1. The number of hydrogen-bond donors (Lipinski definition) is 0. The molecular formula is C27H27ClN2O2. The highest BCUT2D eigenvalue weighted by molar-refractivity contribution is 6.31. The molecule has 5 heteroatoms. The molecule has 0 fully saturated rings. The van der Waals surface area contributed by atoms with Crippen LogP contribution in [0.25, 0.3) is 11.0 Å². The summed E-state index contributed by atoms with van der Waals surface area (Å²) in [6, 6.07) is 22.2. The number of halogens is 1. The van der Waals surface area contributed by atoms with E-state index in [0.717, 1.165) is 63.9 Å². The normalized spacial score (nSPS) is 10.9. The molecule has 32 heavy (non-hydrogen) atoms. The molecule has 0 N–H and O–H groups in total. The van der Waals surface area contributed by atoms with Gasteiger partial charge in [-0.15, -0.1) is 6.58 Å². The number of imidazole rings is 1. The second-order valence-corrected chi connectivity index (χ2v) is 8.02. The predicted molar refractivity (Wildman–Crippen MR) is 131 cm³/mol. The minimum absolute atomic E-state index is 0.579. The lowest BCUT2D eigenvalue weighted by Gasteiger charge is -2.13. The van der Waals surface area contributed by atoms with Gasteiger partial charge in [0.05, 0.1) is 24.8 Å². The molecule has 0 aliphatic rings. The van der Waals surface area contributed by atoms with Crippen molar-refractivity contribution in [2.45, 2.75) is 25.8 Å². The molecule has 0 saturated heterocycles. The van der Waals surface area contributed by atoms with E-state index >= 15 is 0 Å². The molecule has 3 aromatic carbocycles. The maximum absolute atomic E-state index is 6.40. The van der Waals surface area contributed by atoms with E-state index in [0.29, 0.717) is 13.0 Å². The van der Waals surface area contributed by atoms with E-state index in [-0.39, 0.29) is 0 Å². The van der Waals surface area contributed by atoms with Gasteiger partial charge in [0.1, 0.15) is 5.82 Å². The summed E-state index contributed by atoms with van der Waals surface area (Å²) in [4.78, 5) is 4.88. The van der Waals surface area contributed by atoms with Gasteiger partial charge in [-0.2, -0.15) is 0 Å². The highest BCUT2D eigenvalue weighted by Gasteiger charge is 2.13. The minimum Gasteiger partial charge on any atom is -0.493 e. The average molecular weight is 447 g/mol. The molecule has 164 valence electrons. The van der Waals surface area contributed by atoms with Crippen molar-refractivity contribution in [3.63, 3.8) is 0 Å². The third-order valence-electron chi connectivity index (χ3n) is 5.43. The summed E-state index contributed by atoms with van der Waals surface area (Å²) in [7, 11) is 1.67. The molecule has 4 aromatic rings. The quantitative estimate of drug-likeness (QED) is 0.206. The van der Waals surface area contributed by atoms with Crippen molar-refractivity contribution < 1.29 is 9.47 Å². The fourth-order valence-electron chi connectivity index (χ4n) is 3.85. The number of aryl methyl sites for hydroxylation is 1. The first-order chi connectivity index (χ1) is 15.7. The molecule has 0 spiro atoms. The van der Waals surface area contributed by atoms with Gasteiger partial charge in [0.2, 0.25) is 0 Å². The molecule has 0 saturated carbocycles. The molecule has 0 atom stereocenters. The van der Waals surface area contributed by atoms with Crippen LogP contribution in [0.3, 0.4) is 0 Å². The first-order valence-electron chi connectivity index (χ1n) is 10.8. The fourth-order valence-corrected chi connectivity index (χ4v) is 4.05. The van der Waals surface area contributed by atoms with Crippen molar-refractivity contribution in [1.29, 1.82) is 0 Å². The van der Waals surface area contributed by atoms with Gasteiger partial charge in [-0.1, -0.05) is 54.1 Å². The molecule has 4 rings (SSSR count). The van der Waals surface area contributed by atoms with Crippen molar-refractivity contribution in [1.82, 2.24) is 9.55 Å². The summed E-state index contributed by atoms with van der Waals surface area (Å²) in [6.07, 6.45) is 4.21. The molecule has 1 aromatic heterocycles. The van der Waals surface area contributed by atoms with E-state index in [2.05, 4.69) is 23.3 Å². The van der Waals surface area contributed by atoms with E-state index < -0.39 is 0 Å². The van der Waals surface area contributed by atoms with Crippen LogP contribution in [0.5, 0.6) is 11.5 Å². The number of allylic oxidation sites excluding steroid dienone is 1. The highest BCUT2D eigenvalue weighted by atomic mass is 35.5. The molecule has 0 radical (unpaired) electrons. The Morgan fingerprint density at radius 3 is 2.66 bits per heavy atom. The van der Waals surface area contributed by atoms with E-state index in [4.69, 9.17) is 26.1 Å². The SMILES string of the molecule is C=CCc1ccc(OCCCn2c(Cc3ccccc3Cl)nc3ccccc32)c(OC)c1. The average Bonchev–Trinajstić information content (AvgIpc) is 3.16. The maximum atomic E-state index is 6.40. The Labute approximate surface area is 194 Å². The molecule has 4 nitrogen and oxygen atoms in total. The number of aromatic nitrogens is 2. The summed E-state index contributed by atoms with van der Waals surface area (Å²) in [5.41, 5.74) is 4.35. The summed E-state index contributed by atoms with van der Waals surface area (Å²) >= 11 is 6.40. The van der Waals surface area contributed by atoms with Crippen molar-refractivity contribution in [3.05, 3.63) is 101 Å². The topological polar surface area (TPSA) is 36.3 Å². The van der Waals surface area contributed by atoms with Gasteiger partial charge in [-0.25, -0.2) is 4.98 Å². The minimum atomic E-state index is 0.579. The first-order valence-corrected chi connectivity index (χ1v) is 11.2. The Morgan fingerprint density at radius 1 is 1.03 bits per heavy atom. The largest absolute Gasteiger partial charge is 0.493 e. The van der Waals surface area contributed by atoms with Crippen LogP contribution in [0.1, 0.15) is 23.4 Å². The van der Waals surface area contributed by atoms with Gasteiger partial charge in [0.25, 0.3) is 0 Å². The summed E-state index contributed by atoms with van der Waals surface area (Å²) in [6.45, 7) is 5.17. The zero-order valence-electron chi connectivity index (χ0n) is 18.3. The van der Waals surface area contributed by atoms with Gasteiger partial charge in [-0.3, -0.25) is 0 Å². The van der Waals surface area contributed by atoms with E-state index in [1.165, 1.54) is 0 Å². The van der Waals surface area contributed by atoms with Crippen molar-refractivity contribution >= 4 is 22.6 Å². The molecule has 0 bridgehead atoms. The van der Waals surface area contributed by atoms with Crippen LogP contribution in [0.2, 0.25) is 5.02 Å². The molecular weight excluding hydrogens is 420 g/mol. The Balaban J connectivity index is 1.47. The zero-order valence-corrected chi connectivity index (χ0v) is 19.0. The zero-order chi connectivity index (χ0) is 22.3. The van der Waals surface area contributed by atoms with Crippen molar-refractivity contribution in [2.75, 3.05) is 13.7 Å². The van der Waals surface area contributed by atoms with Crippen LogP contribution in [-0.2, 0) is 19.4 Å². The Morgan fingerprint density at radius 2 is 1.84 bits per heavy atom. The number of rotatable bonds is 10. The van der Waals surface area contributed by atoms with Crippen LogP contribution >= 0.6 is 11.6 Å². The predicted octanol–water partition coefficient (Wildman–Crippen LogP) is 6.49. The number of para-hydroxylation sites is 2. The Hall–Kier alpha value is -3.24. The Bertz CT molecular complexity index is 1220.